The Morgan fingerprint density at radius 3 is 2.44 bits per heavy atom. The summed E-state index contributed by atoms with van der Waals surface area (Å²) in [6, 6.07) is 9.15. The number of hydrogen-bond acceptors (Lipinski definition) is 9. The summed E-state index contributed by atoms with van der Waals surface area (Å²) in [5.74, 6) is 1.76. The highest BCUT2D eigenvalue weighted by molar-refractivity contribution is 5.55. The van der Waals surface area contributed by atoms with Crippen LogP contribution in [0, 0.1) is 6.92 Å². The maximum atomic E-state index is 12.4. The highest BCUT2D eigenvalue weighted by Gasteiger charge is 2.31. The Hall–Kier alpha value is -4.00. The molecule has 0 amide bonds. The van der Waals surface area contributed by atoms with E-state index in [4.69, 9.17) is 4.42 Å². The molecule has 1 aromatic carbocycles. The molecular weight excluding hydrogens is 477 g/mol. The van der Waals surface area contributed by atoms with Gasteiger partial charge in [-0.15, -0.1) is 28.5 Å². The first kappa shape index (κ1) is 23.7. The highest BCUT2D eigenvalue weighted by atomic mass is 19.4. The number of benzene rings is 1. The summed E-state index contributed by atoms with van der Waals surface area (Å²) in [5, 5.41) is 12.5. The number of anilines is 1. The van der Waals surface area contributed by atoms with Gasteiger partial charge >= 0.3 is 6.36 Å². The van der Waals surface area contributed by atoms with Gasteiger partial charge in [-0.2, -0.15) is 0 Å². The lowest BCUT2D eigenvalue weighted by Crippen LogP contribution is -2.44. The van der Waals surface area contributed by atoms with Crippen LogP contribution in [0.1, 0.15) is 11.4 Å². The fourth-order valence-electron chi connectivity index (χ4n) is 3.83. The summed E-state index contributed by atoms with van der Waals surface area (Å²) < 4.78 is 48.4. The molecule has 0 atom stereocenters. The second-order valence-electron chi connectivity index (χ2n) is 8.44. The molecule has 13 heteroatoms. The minimum absolute atomic E-state index is 0.107. The lowest BCUT2D eigenvalue weighted by molar-refractivity contribution is -0.274. The standard InChI is InChI=1S/C23H23F3N8O2/c1-15-28-20(22-30-29-21(35-22)17-3-5-18(6-4-17)36-23(24,25)26)31-34(15)14-16-7-8-27-19(13-16)33-11-9-32(2)10-12-33/h3-8,13H,9-12,14H2,1-2H3. The Bertz CT molecular complexity index is 1330. The summed E-state index contributed by atoms with van der Waals surface area (Å²) in [5.41, 5.74) is 1.47. The molecule has 1 aliphatic heterocycles. The molecule has 1 fully saturated rings. The van der Waals surface area contributed by atoms with Gasteiger partial charge < -0.3 is 19.0 Å². The van der Waals surface area contributed by atoms with E-state index in [1.54, 1.807) is 10.9 Å². The fraction of sp³-hybridized carbons (Fsp3) is 0.348. The van der Waals surface area contributed by atoms with Crippen molar-refractivity contribution in [3.63, 3.8) is 0 Å². The van der Waals surface area contributed by atoms with Gasteiger partial charge in [0.15, 0.2) is 0 Å². The van der Waals surface area contributed by atoms with Crippen molar-refractivity contribution in [2.24, 2.45) is 0 Å². The predicted molar refractivity (Wildman–Crippen MR) is 123 cm³/mol. The first-order valence-corrected chi connectivity index (χ1v) is 11.2. The molecule has 188 valence electrons. The third kappa shape index (κ3) is 5.46. The molecule has 36 heavy (non-hydrogen) atoms. The number of nitrogens with zero attached hydrogens (tertiary/aromatic N) is 8. The van der Waals surface area contributed by atoms with Crippen LogP contribution in [0.25, 0.3) is 23.2 Å². The van der Waals surface area contributed by atoms with Crippen LogP contribution < -0.4 is 9.64 Å². The van der Waals surface area contributed by atoms with Gasteiger partial charge in [0, 0.05) is 37.9 Å². The Morgan fingerprint density at radius 2 is 1.72 bits per heavy atom. The van der Waals surface area contributed by atoms with Crippen LogP contribution in [0.3, 0.4) is 0 Å². The van der Waals surface area contributed by atoms with Crippen molar-refractivity contribution in [3.8, 4) is 28.9 Å². The number of rotatable bonds is 6. The van der Waals surface area contributed by atoms with Crippen molar-refractivity contribution in [1.82, 2.24) is 34.8 Å². The summed E-state index contributed by atoms with van der Waals surface area (Å²) in [6.07, 6.45) is -2.96. The molecule has 4 heterocycles. The van der Waals surface area contributed by atoms with E-state index in [9.17, 15) is 13.2 Å². The van der Waals surface area contributed by atoms with E-state index < -0.39 is 6.36 Å². The van der Waals surface area contributed by atoms with Crippen LogP contribution >= 0.6 is 0 Å². The molecule has 0 saturated carbocycles. The zero-order valence-electron chi connectivity index (χ0n) is 19.6. The monoisotopic (exact) mass is 500 g/mol. The van der Waals surface area contributed by atoms with Crippen LogP contribution in [0.15, 0.2) is 47.0 Å². The molecular formula is C23H23F3N8O2. The SMILES string of the molecule is Cc1nc(-c2nnc(-c3ccc(OC(F)(F)F)cc3)o2)nn1Cc1ccnc(N2CCN(C)CC2)c1. The number of pyridine rings is 1. The number of halogens is 3. The van der Waals surface area contributed by atoms with Gasteiger partial charge in [0.05, 0.1) is 6.54 Å². The van der Waals surface area contributed by atoms with Crippen LogP contribution in [-0.4, -0.2) is 74.4 Å². The van der Waals surface area contributed by atoms with Crippen molar-refractivity contribution < 1.29 is 22.3 Å². The van der Waals surface area contributed by atoms with Gasteiger partial charge in [0.1, 0.15) is 17.4 Å². The maximum absolute atomic E-state index is 12.4. The Kier molecular flexibility index (Phi) is 6.31. The van der Waals surface area contributed by atoms with E-state index in [0.717, 1.165) is 37.6 Å². The van der Waals surface area contributed by atoms with E-state index in [1.165, 1.54) is 24.3 Å². The van der Waals surface area contributed by atoms with Gasteiger partial charge in [0.2, 0.25) is 11.7 Å². The Balaban J connectivity index is 1.29. The third-order valence-electron chi connectivity index (χ3n) is 5.78. The molecule has 3 aromatic heterocycles. The second-order valence-corrected chi connectivity index (χ2v) is 8.44. The van der Waals surface area contributed by atoms with Crippen molar-refractivity contribution in [2.75, 3.05) is 38.1 Å². The lowest BCUT2D eigenvalue weighted by atomic mass is 10.2. The largest absolute Gasteiger partial charge is 0.573 e. The molecule has 0 aliphatic carbocycles. The van der Waals surface area contributed by atoms with E-state index in [0.29, 0.717) is 17.9 Å². The summed E-state index contributed by atoms with van der Waals surface area (Å²) in [7, 11) is 2.11. The van der Waals surface area contributed by atoms with Gasteiger partial charge in [-0.1, -0.05) is 0 Å². The van der Waals surface area contributed by atoms with Crippen LogP contribution in [0.4, 0.5) is 19.0 Å². The Labute approximate surface area is 204 Å². The van der Waals surface area contributed by atoms with Gasteiger partial charge in [-0.05, 0) is 55.9 Å². The lowest BCUT2D eigenvalue weighted by Gasteiger charge is -2.33. The number of likely N-dealkylation sites (N-methyl/N-ethyl adjacent to an activating group) is 1. The summed E-state index contributed by atoms with van der Waals surface area (Å²) >= 11 is 0. The fourth-order valence-corrected chi connectivity index (χ4v) is 3.83. The number of ether oxygens (including phenoxy) is 1. The highest BCUT2D eigenvalue weighted by Crippen LogP contribution is 2.27. The summed E-state index contributed by atoms with van der Waals surface area (Å²) in [4.78, 5) is 13.5. The van der Waals surface area contributed by atoms with Crippen molar-refractivity contribution in [2.45, 2.75) is 19.8 Å². The molecule has 0 N–H and O–H groups in total. The van der Waals surface area contributed by atoms with Crippen LogP contribution in [0.2, 0.25) is 0 Å². The minimum atomic E-state index is -4.76. The number of alkyl halides is 3. The molecule has 0 spiro atoms. The van der Waals surface area contributed by atoms with E-state index in [1.807, 2.05) is 13.0 Å². The predicted octanol–water partition coefficient (Wildman–Crippen LogP) is 3.40. The molecule has 0 bridgehead atoms. The average molecular weight is 500 g/mol. The van der Waals surface area contributed by atoms with Crippen molar-refractivity contribution in [1.29, 1.82) is 0 Å². The zero-order valence-corrected chi connectivity index (χ0v) is 19.6. The molecule has 1 aliphatic rings. The third-order valence-corrected chi connectivity index (χ3v) is 5.78. The maximum Gasteiger partial charge on any atom is 0.573 e. The number of piperazine rings is 1. The van der Waals surface area contributed by atoms with Crippen molar-refractivity contribution >= 4 is 5.82 Å². The molecule has 0 unspecified atom stereocenters. The Morgan fingerprint density at radius 1 is 1.00 bits per heavy atom. The van der Waals surface area contributed by atoms with Crippen LogP contribution in [0.5, 0.6) is 5.75 Å². The average Bonchev–Trinajstić information content (AvgIpc) is 3.47. The normalized spacial score (nSPS) is 14.9. The molecule has 0 radical (unpaired) electrons. The molecule has 1 saturated heterocycles. The quantitative estimate of drug-likeness (QED) is 0.395. The van der Waals surface area contributed by atoms with E-state index in [-0.39, 0.29) is 23.4 Å². The molecule has 10 nitrogen and oxygen atoms in total. The number of aromatic nitrogens is 6. The zero-order chi connectivity index (χ0) is 25.3. The second kappa shape index (κ2) is 9.57. The number of aryl methyl sites for hydroxylation is 1. The first-order chi connectivity index (χ1) is 17.2. The topological polar surface area (TPSA) is 98.2 Å². The van der Waals surface area contributed by atoms with Gasteiger partial charge in [-0.25, -0.2) is 14.6 Å². The smallest absolute Gasteiger partial charge is 0.413 e. The minimum Gasteiger partial charge on any atom is -0.413 e. The molecule has 4 aromatic rings. The number of hydrogen-bond donors (Lipinski definition) is 0. The van der Waals surface area contributed by atoms with Gasteiger partial charge in [-0.3, -0.25) is 0 Å². The van der Waals surface area contributed by atoms with Gasteiger partial charge in [0.25, 0.3) is 5.89 Å². The summed E-state index contributed by atoms with van der Waals surface area (Å²) in [6.45, 7) is 6.16. The van der Waals surface area contributed by atoms with E-state index >= 15 is 0 Å². The van der Waals surface area contributed by atoms with Crippen LogP contribution in [-0.2, 0) is 6.54 Å². The van der Waals surface area contributed by atoms with Crippen molar-refractivity contribution in [3.05, 3.63) is 54.0 Å². The first-order valence-electron chi connectivity index (χ1n) is 11.2. The molecule has 5 rings (SSSR count). The van der Waals surface area contributed by atoms with E-state index in [2.05, 4.69) is 52.9 Å².